The number of halogens is 1. The molecule has 3 heterocycles. The molecule has 0 unspecified atom stereocenters. The molecule has 0 saturated heterocycles. The van der Waals surface area contributed by atoms with E-state index in [4.69, 9.17) is 4.74 Å². The zero-order valence-electron chi connectivity index (χ0n) is 23.7. The van der Waals surface area contributed by atoms with Crippen LogP contribution in [0.3, 0.4) is 0 Å². The van der Waals surface area contributed by atoms with Crippen molar-refractivity contribution >= 4 is 5.90 Å². The van der Waals surface area contributed by atoms with Crippen LogP contribution in [0, 0.1) is 18.7 Å². The number of hydrogen-bond donors (Lipinski definition) is 5. The molecular formula is C26H41FN8O3. The Morgan fingerprint density at radius 2 is 1.58 bits per heavy atom. The third-order valence-electron chi connectivity index (χ3n) is 5.03. The van der Waals surface area contributed by atoms with Crippen LogP contribution in [0.4, 0.5) is 4.39 Å². The summed E-state index contributed by atoms with van der Waals surface area (Å²) in [6.45, 7) is 21.1. The minimum atomic E-state index is -0.481. The van der Waals surface area contributed by atoms with Crippen molar-refractivity contribution in [3.63, 3.8) is 0 Å². The number of nitrogens with zero attached hydrogens (tertiary/aromatic N) is 4. The van der Waals surface area contributed by atoms with Gasteiger partial charge in [-0.15, -0.1) is 5.10 Å². The Morgan fingerprint density at radius 3 is 1.89 bits per heavy atom. The molecule has 1 aliphatic rings. The molecule has 2 aromatic heterocycles. The van der Waals surface area contributed by atoms with E-state index in [-0.39, 0.29) is 23.3 Å². The van der Waals surface area contributed by atoms with E-state index in [0.717, 1.165) is 5.82 Å². The molecule has 12 heteroatoms. The molecule has 4 rings (SSSR count). The van der Waals surface area contributed by atoms with Crippen LogP contribution >= 0.6 is 0 Å². The van der Waals surface area contributed by atoms with Crippen LogP contribution in [0.5, 0.6) is 5.75 Å². The number of hydrogen-bond acceptors (Lipinski definition) is 8. The van der Waals surface area contributed by atoms with Gasteiger partial charge in [0.2, 0.25) is 11.8 Å². The van der Waals surface area contributed by atoms with Crippen LogP contribution in [-0.2, 0) is 4.74 Å². The van der Waals surface area contributed by atoms with Gasteiger partial charge in [-0.3, -0.25) is 10.1 Å². The summed E-state index contributed by atoms with van der Waals surface area (Å²) in [6, 6.07) is 3.45. The topological polar surface area (TPSA) is 157 Å². The first-order valence-corrected chi connectivity index (χ1v) is 12.4. The van der Waals surface area contributed by atoms with Crippen molar-refractivity contribution in [2.45, 2.75) is 80.1 Å². The summed E-state index contributed by atoms with van der Waals surface area (Å²) in [5, 5.41) is 25.6. The third-order valence-corrected chi connectivity index (χ3v) is 5.03. The predicted octanol–water partition coefficient (Wildman–Crippen LogP) is 5.16. The first kappa shape index (κ1) is 32.1. The summed E-state index contributed by atoms with van der Waals surface area (Å²) in [5.41, 5.74) is 3.53. The van der Waals surface area contributed by atoms with Crippen molar-refractivity contribution < 1.29 is 14.2 Å². The first-order valence-electron chi connectivity index (χ1n) is 12.4. The zero-order valence-corrected chi connectivity index (χ0v) is 23.7. The highest BCUT2D eigenvalue weighted by molar-refractivity contribution is 5.80. The number of phenolic OH excluding ortho intramolecular Hbond substituents is 1. The number of ether oxygens (including phenoxy) is 1. The monoisotopic (exact) mass is 532 g/mol. The van der Waals surface area contributed by atoms with E-state index in [1.54, 1.807) is 19.1 Å². The van der Waals surface area contributed by atoms with E-state index < -0.39 is 5.82 Å². The molecule has 210 valence electrons. The SMILES string of the molecule is C=C1NN=C(C(C)C)O1.CC(C)c1n[nH]c(=O)[nH]1.CC(C)c1ncn[nH]1.Cc1ccc(C(C)C)c(F)c1O. The van der Waals surface area contributed by atoms with Crippen LogP contribution < -0.4 is 11.1 Å². The van der Waals surface area contributed by atoms with Crippen LogP contribution in [0.25, 0.3) is 0 Å². The fourth-order valence-corrected chi connectivity index (χ4v) is 2.71. The van der Waals surface area contributed by atoms with Crippen molar-refractivity contribution in [2.75, 3.05) is 0 Å². The summed E-state index contributed by atoms with van der Waals surface area (Å²) in [5.74, 6) is 3.35. The third kappa shape index (κ3) is 10.6. The second kappa shape index (κ2) is 15.3. The van der Waals surface area contributed by atoms with Gasteiger partial charge in [0.1, 0.15) is 18.0 Å². The number of rotatable bonds is 4. The fraction of sp³-hybridized carbons (Fsp3) is 0.500. The van der Waals surface area contributed by atoms with Crippen LogP contribution in [0.15, 0.2) is 40.8 Å². The molecular weight excluding hydrogens is 491 g/mol. The van der Waals surface area contributed by atoms with Crippen molar-refractivity contribution in [3.8, 4) is 5.75 Å². The van der Waals surface area contributed by atoms with Crippen molar-refractivity contribution in [1.29, 1.82) is 0 Å². The number of nitrogens with one attached hydrogen (secondary N) is 4. The van der Waals surface area contributed by atoms with Gasteiger partial charge in [0.05, 0.1) is 0 Å². The maximum atomic E-state index is 13.3. The van der Waals surface area contributed by atoms with Gasteiger partial charge in [0.15, 0.2) is 11.6 Å². The molecule has 0 saturated carbocycles. The largest absolute Gasteiger partial charge is 0.505 e. The Kier molecular flexibility index (Phi) is 12.9. The molecule has 1 aliphatic heterocycles. The van der Waals surface area contributed by atoms with E-state index in [0.29, 0.717) is 40.6 Å². The average Bonchev–Trinajstić information content (AvgIpc) is 3.61. The maximum absolute atomic E-state index is 13.3. The number of phenols is 1. The lowest BCUT2D eigenvalue weighted by atomic mass is 10.0. The second-order valence-corrected chi connectivity index (χ2v) is 9.77. The van der Waals surface area contributed by atoms with Gasteiger partial charge >= 0.3 is 5.69 Å². The van der Waals surface area contributed by atoms with Gasteiger partial charge in [-0.2, -0.15) is 10.2 Å². The van der Waals surface area contributed by atoms with Gasteiger partial charge < -0.3 is 9.84 Å². The van der Waals surface area contributed by atoms with E-state index in [9.17, 15) is 14.3 Å². The molecule has 0 amide bonds. The van der Waals surface area contributed by atoms with Gasteiger partial charge in [-0.1, -0.05) is 67.5 Å². The standard InChI is InChI=1S/C10H13FO.C6H10N2O.C5H9N3O.C5H9N3/c1-6(2)8-5-4-7(3)10(12)9(8)11;1-4(2)6-8-7-5(3)9-6;1-3(2)4-6-5(9)8-7-4;1-4(2)5-6-3-7-8-5/h4-6,12H,1-3H3;4,7H,3H2,1-2H3;3H,1-2H3,(H2,6,7,8,9);3-4H,1-2H3,(H,6,7,8). The fourth-order valence-electron chi connectivity index (χ4n) is 2.71. The van der Waals surface area contributed by atoms with Crippen LogP contribution in [0.2, 0.25) is 0 Å². The highest BCUT2D eigenvalue weighted by Gasteiger charge is 2.14. The maximum Gasteiger partial charge on any atom is 0.340 e. The van der Waals surface area contributed by atoms with Crippen molar-refractivity contribution in [2.24, 2.45) is 11.0 Å². The minimum Gasteiger partial charge on any atom is -0.505 e. The Balaban J connectivity index is 0.000000256. The number of aromatic nitrogens is 6. The Hall–Kier alpha value is -3.96. The predicted molar refractivity (Wildman–Crippen MR) is 146 cm³/mol. The van der Waals surface area contributed by atoms with Crippen molar-refractivity contribution in [1.82, 2.24) is 35.8 Å². The number of aromatic hydroxyl groups is 1. The Morgan fingerprint density at radius 1 is 0.947 bits per heavy atom. The summed E-state index contributed by atoms with van der Waals surface area (Å²) >= 11 is 0. The normalized spacial score (nSPS) is 12.2. The molecule has 3 aromatic rings. The molecule has 0 aliphatic carbocycles. The number of aromatic amines is 3. The minimum absolute atomic E-state index is 0.108. The molecule has 5 N–H and O–H groups in total. The van der Waals surface area contributed by atoms with Crippen molar-refractivity contribution in [3.05, 3.63) is 70.0 Å². The highest BCUT2D eigenvalue weighted by atomic mass is 19.1. The number of aryl methyl sites for hydroxylation is 1. The Bertz CT molecular complexity index is 1210. The van der Waals surface area contributed by atoms with Gasteiger partial charge in [0, 0.05) is 17.8 Å². The lowest BCUT2D eigenvalue weighted by Gasteiger charge is -2.09. The number of H-pyrrole nitrogens is 3. The second-order valence-electron chi connectivity index (χ2n) is 9.77. The zero-order chi connectivity index (χ0) is 29.0. The summed E-state index contributed by atoms with van der Waals surface area (Å²) in [6.07, 6.45) is 1.52. The van der Waals surface area contributed by atoms with Crippen LogP contribution in [-0.4, -0.2) is 41.4 Å². The van der Waals surface area contributed by atoms with Gasteiger partial charge in [-0.25, -0.2) is 24.7 Å². The van der Waals surface area contributed by atoms with Crippen LogP contribution in [0.1, 0.15) is 95.9 Å². The first-order chi connectivity index (χ1) is 17.7. The summed E-state index contributed by atoms with van der Waals surface area (Å²) < 4.78 is 18.3. The molecule has 0 radical (unpaired) electrons. The lowest BCUT2D eigenvalue weighted by Crippen LogP contribution is -2.05. The number of hydrazone groups is 1. The Labute approximate surface area is 223 Å². The summed E-state index contributed by atoms with van der Waals surface area (Å²) in [7, 11) is 0. The van der Waals surface area contributed by atoms with E-state index in [1.165, 1.54) is 6.33 Å². The molecule has 38 heavy (non-hydrogen) atoms. The molecule has 0 bridgehead atoms. The van der Waals surface area contributed by atoms with Gasteiger partial charge in [0.25, 0.3) is 0 Å². The molecule has 11 nitrogen and oxygen atoms in total. The highest BCUT2D eigenvalue weighted by Crippen LogP contribution is 2.27. The average molecular weight is 533 g/mol. The van der Waals surface area contributed by atoms with E-state index in [1.807, 2.05) is 41.5 Å². The lowest BCUT2D eigenvalue weighted by molar-refractivity contribution is 0.396. The molecule has 1 aromatic carbocycles. The smallest absolute Gasteiger partial charge is 0.340 e. The number of benzene rings is 1. The molecule has 0 spiro atoms. The summed E-state index contributed by atoms with van der Waals surface area (Å²) in [4.78, 5) is 16.9. The van der Waals surface area contributed by atoms with E-state index >= 15 is 0 Å². The van der Waals surface area contributed by atoms with Gasteiger partial charge in [-0.05, 0) is 30.5 Å². The molecule has 0 fully saturated rings. The van der Waals surface area contributed by atoms with E-state index in [2.05, 4.69) is 61.3 Å². The quantitative estimate of drug-likeness (QED) is 0.310. The molecule has 0 atom stereocenters.